The van der Waals surface area contributed by atoms with Gasteiger partial charge in [-0.15, -0.1) is 0 Å². The molecule has 5 heteroatoms. The molecule has 0 saturated carbocycles. The summed E-state index contributed by atoms with van der Waals surface area (Å²) in [6, 6.07) is 0. The molecule has 1 unspecified atom stereocenters. The Kier molecular flexibility index (Phi) is 6.40. The van der Waals surface area contributed by atoms with Crippen LogP contribution in [-0.2, 0) is 11.2 Å². The first-order chi connectivity index (χ1) is 12.1. The van der Waals surface area contributed by atoms with Gasteiger partial charge in [-0.1, -0.05) is 13.8 Å². The van der Waals surface area contributed by atoms with Gasteiger partial charge in [-0.3, -0.25) is 14.8 Å². The molecule has 2 aliphatic rings. The molecule has 0 N–H and O–H groups in total. The fourth-order valence-corrected chi connectivity index (χ4v) is 4.37. The lowest BCUT2D eigenvalue weighted by atomic mass is 9.83. The zero-order valence-electron chi connectivity index (χ0n) is 15.7. The molecular formula is C20H32N4O. The highest BCUT2D eigenvalue weighted by Crippen LogP contribution is 2.32. The van der Waals surface area contributed by atoms with E-state index in [-0.39, 0.29) is 5.91 Å². The van der Waals surface area contributed by atoms with E-state index in [1.54, 1.807) is 18.6 Å². The molecule has 2 aliphatic heterocycles. The first-order valence-electron chi connectivity index (χ1n) is 9.87. The number of rotatable bonds is 6. The number of nitrogens with zero attached hydrogens (tertiary/aromatic N) is 4. The van der Waals surface area contributed by atoms with E-state index < -0.39 is 0 Å². The Morgan fingerprint density at radius 1 is 1.16 bits per heavy atom. The van der Waals surface area contributed by atoms with Crippen LogP contribution in [0.1, 0.15) is 45.2 Å². The summed E-state index contributed by atoms with van der Waals surface area (Å²) in [5, 5.41) is 0. The average Bonchev–Trinajstić information content (AvgIpc) is 3.11. The second kappa shape index (κ2) is 8.75. The Hall–Kier alpha value is -1.49. The van der Waals surface area contributed by atoms with Crippen LogP contribution in [0.15, 0.2) is 18.6 Å². The molecule has 3 heterocycles. The molecule has 2 fully saturated rings. The van der Waals surface area contributed by atoms with Gasteiger partial charge < -0.3 is 9.80 Å². The average molecular weight is 345 g/mol. The first kappa shape index (κ1) is 18.3. The van der Waals surface area contributed by atoms with E-state index in [0.717, 1.165) is 30.6 Å². The maximum absolute atomic E-state index is 12.5. The Balaban J connectivity index is 1.40. The molecule has 1 amide bonds. The second-order valence-corrected chi connectivity index (χ2v) is 8.12. The molecule has 0 aromatic carbocycles. The third-order valence-electron chi connectivity index (χ3n) is 5.71. The van der Waals surface area contributed by atoms with Gasteiger partial charge in [-0.05, 0) is 56.5 Å². The molecule has 3 rings (SSSR count). The van der Waals surface area contributed by atoms with Crippen LogP contribution in [0.5, 0.6) is 0 Å². The van der Waals surface area contributed by atoms with Crippen LogP contribution in [0.3, 0.4) is 0 Å². The number of hydrogen-bond acceptors (Lipinski definition) is 4. The maximum Gasteiger partial charge on any atom is 0.222 e. The van der Waals surface area contributed by atoms with Crippen molar-refractivity contribution in [3.63, 3.8) is 0 Å². The predicted octanol–water partition coefficient (Wildman–Crippen LogP) is 2.63. The van der Waals surface area contributed by atoms with E-state index >= 15 is 0 Å². The zero-order valence-corrected chi connectivity index (χ0v) is 15.7. The fourth-order valence-electron chi connectivity index (χ4n) is 4.37. The molecule has 138 valence electrons. The van der Waals surface area contributed by atoms with Crippen molar-refractivity contribution in [3.05, 3.63) is 24.3 Å². The van der Waals surface area contributed by atoms with Crippen molar-refractivity contribution < 1.29 is 4.79 Å². The highest BCUT2D eigenvalue weighted by atomic mass is 16.2. The number of likely N-dealkylation sites (tertiary alicyclic amines) is 2. The van der Waals surface area contributed by atoms with Crippen LogP contribution in [-0.4, -0.2) is 58.4 Å². The monoisotopic (exact) mass is 344 g/mol. The van der Waals surface area contributed by atoms with Crippen molar-refractivity contribution in [1.29, 1.82) is 0 Å². The Morgan fingerprint density at radius 2 is 1.92 bits per heavy atom. The molecule has 0 aliphatic carbocycles. The lowest BCUT2D eigenvalue weighted by Gasteiger charge is -2.35. The van der Waals surface area contributed by atoms with E-state index in [0.29, 0.717) is 18.8 Å². The second-order valence-electron chi connectivity index (χ2n) is 8.12. The Morgan fingerprint density at radius 3 is 2.60 bits per heavy atom. The third kappa shape index (κ3) is 5.24. The number of piperidine rings is 1. The number of carbonyl (C=O) groups excluding carboxylic acids is 1. The number of hydrogen-bond donors (Lipinski definition) is 0. The number of aromatic nitrogens is 2. The lowest BCUT2D eigenvalue weighted by molar-refractivity contribution is -0.130. The smallest absolute Gasteiger partial charge is 0.222 e. The normalized spacial score (nSPS) is 22.7. The van der Waals surface area contributed by atoms with E-state index in [2.05, 4.69) is 33.6 Å². The summed E-state index contributed by atoms with van der Waals surface area (Å²) in [7, 11) is 0. The number of carbonyl (C=O) groups is 1. The largest absolute Gasteiger partial charge is 0.342 e. The highest BCUT2D eigenvalue weighted by molar-refractivity contribution is 5.76. The van der Waals surface area contributed by atoms with Crippen LogP contribution in [0.2, 0.25) is 0 Å². The molecule has 0 spiro atoms. The number of aryl methyl sites for hydroxylation is 1. The maximum atomic E-state index is 12.5. The molecule has 0 bridgehead atoms. The van der Waals surface area contributed by atoms with Crippen molar-refractivity contribution in [2.24, 2.45) is 17.8 Å². The van der Waals surface area contributed by atoms with E-state index in [1.807, 2.05) is 0 Å². The molecule has 25 heavy (non-hydrogen) atoms. The summed E-state index contributed by atoms with van der Waals surface area (Å²) in [5.74, 6) is 2.55. The van der Waals surface area contributed by atoms with Gasteiger partial charge in [0.2, 0.25) is 5.91 Å². The van der Waals surface area contributed by atoms with E-state index in [9.17, 15) is 4.79 Å². The quantitative estimate of drug-likeness (QED) is 0.796. The Bertz CT molecular complexity index is 540. The topological polar surface area (TPSA) is 49.3 Å². The van der Waals surface area contributed by atoms with Gasteiger partial charge in [0.1, 0.15) is 0 Å². The molecular weight excluding hydrogens is 312 g/mol. The van der Waals surface area contributed by atoms with Gasteiger partial charge in [-0.25, -0.2) is 0 Å². The van der Waals surface area contributed by atoms with E-state index in [4.69, 9.17) is 0 Å². The van der Waals surface area contributed by atoms with Crippen LogP contribution in [0, 0.1) is 17.8 Å². The summed E-state index contributed by atoms with van der Waals surface area (Å²) in [6.45, 7) is 10.2. The Labute approximate surface area is 151 Å². The van der Waals surface area contributed by atoms with Crippen molar-refractivity contribution in [1.82, 2.24) is 19.8 Å². The summed E-state index contributed by atoms with van der Waals surface area (Å²) >= 11 is 0. The minimum absolute atomic E-state index is 0.283. The summed E-state index contributed by atoms with van der Waals surface area (Å²) in [6.07, 6.45) is 10.2. The van der Waals surface area contributed by atoms with Crippen molar-refractivity contribution in [3.8, 4) is 0 Å². The van der Waals surface area contributed by atoms with Crippen molar-refractivity contribution >= 4 is 5.91 Å². The van der Waals surface area contributed by atoms with Crippen LogP contribution < -0.4 is 0 Å². The van der Waals surface area contributed by atoms with Gasteiger partial charge in [0.25, 0.3) is 0 Å². The van der Waals surface area contributed by atoms with Crippen LogP contribution in [0.25, 0.3) is 0 Å². The number of amides is 1. The molecule has 2 saturated heterocycles. The standard InChI is InChI=1S/C20H32N4O/c1-16(2)14-23-10-5-17(6-11-23)18-7-12-24(15-18)20(25)4-3-19-13-21-8-9-22-19/h8-9,13,16-18H,3-7,10-12,14-15H2,1-2H3. The van der Waals surface area contributed by atoms with Gasteiger partial charge >= 0.3 is 0 Å². The minimum atomic E-state index is 0.283. The fraction of sp³-hybridized carbons (Fsp3) is 0.750. The third-order valence-corrected chi connectivity index (χ3v) is 5.71. The summed E-state index contributed by atoms with van der Waals surface area (Å²) < 4.78 is 0. The summed E-state index contributed by atoms with van der Waals surface area (Å²) in [4.78, 5) is 25.5. The molecule has 0 radical (unpaired) electrons. The lowest BCUT2D eigenvalue weighted by Crippen LogP contribution is -2.39. The van der Waals surface area contributed by atoms with Crippen LogP contribution in [0.4, 0.5) is 0 Å². The van der Waals surface area contributed by atoms with Crippen molar-refractivity contribution in [2.45, 2.75) is 46.0 Å². The first-order valence-corrected chi connectivity index (χ1v) is 9.87. The van der Waals surface area contributed by atoms with Crippen LogP contribution >= 0.6 is 0 Å². The molecule has 1 aromatic heterocycles. The molecule has 1 atom stereocenters. The van der Waals surface area contributed by atoms with Gasteiger partial charge in [0.15, 0.2) is 0 Å². The summed E-state index contributed by atoms with van der Waals surface area (Å²) in [5.41, 5.74) is 0.907. The minimum Gasteiger partial charge on any atom is -0.342 e. The SMILES string of the molecule is CC(C)CN1CCC(C2CCN(C(=O)CCc3cnccn3)C2)CC1. The zero-order chi connectivity index (χ0) is 17.6. The molecule has 5 nitrogen and oxygen atoms in total. The van der Waals surface area contributed by atoms with Gasteiger partial charge in [0.05, 0.1) is 5.69 Å². The molecule has 1 aromatic rings. The van der Waals surface area contributed by atoms with Gasteiger partial charge in [0, 0.05) is 44.6 Å². The highest BCUT2D eigenvalue weighted by Gasteiger charge is 2.33. The van der Waals surface area contributed by atoms with Crippen molar-refractivity contribution in [2.75, 3.05) is 32.7 Å². The predicted molar refractivity (Wildman–Crippen MR) is 99.0 cm³/mol. The van der Waals surface area contributed by atoms with E-state index in [1.165, 1.54) is 38.9 Å². The van der Waals surface area contributed by atoms with Gasteiger partial charge in [-0.2, -0.15) is 0 Å².